The quantitative estimate of drug-likeness (QED) is 0.710. The first-order valence-electron chi connectivity index (χ1n) is 3.60. The molecule has 0 atom stereocenters. The van der Waals surface area contributed by atoms with Gasteiger partial charge in [0.15, 0.2) is 5.82 Å². The van der Waals surface area contributed by atoms with Crippen LogP contribution in [0.3, 0.4) is 0 Å². The van der Waals surface area contributed by atoms with Crippen molar-refractivity contribution in [3.63, 3.8) is 0 Å². The van der Waals surface area contributed by atoms with Crippen LogP contribution in [0.1, 0.15) is 0 Å². The maximum atomic E-state index is 5.77. The third-order valence-electron chi connectivity index (χ3n) is 1.49. The highest BCUT2D eigenvalue weighted by atomic mass is 79.9. The molecule has 0 aromatic carbocycles. The summed E-state index contributed by atoms with van der Waals surface area (Å²) in [6.45, 7) is 0. The van der Waals surface area contributed by atoms with Gasteiger partial charge in [0.2, 0.25) is 0 Å². The lowest BCUT2D eigenvalue weighted by Gasteiger charge is -1.94. The Hall–Kier alpha value is 0.0300. The molecular weight excluding hydrogens is 351 g/mol. The van der Waals surface area contributed by atoms with Crippen molar-refractivity contribution in [1.82, 2.24) is 9.97 Å². The molecule has 2 aromatic heterocycles. The number of halogens is 3. The maximum Gasteiger partial charge on any atom is 0.170 e. The van der Waals surface area contributed by atoms with Crippen LogP contribution in [0.5, 0.6) is 0 Å². The van der Waals surface area contributed by atoms with E-state index in [2.05, 4.69) is 41.8 Å². The van der Waals surface area contributed by atoms with Crippen molar-refractivity contribution in [2.45, 2.75) is 0 Å². The van der Waals surface area contributed by atoms with Crippen LogP contribution in [0.25, 0.3) is 10.7 Å². The Balaban J connectivity index is 2.49. The molecule has 72 valence electrons. The predicted octanol–water partition coefficient (Wildman–Crippen LogP) is 4.38. The summed E-state index contributed by atoms with van der Waals surface area (Å²) in [6.07, 6.45) is 1.65. The van der Waals surface area contributed by atoms with Gasteiger partial charge in [0.1, 0.15) is 5.15 Å². The predicted molar refractivity (Wildman–Crippen MR) is 65.8 cm³/mol. The minimum absolute atomic E-state index is 0.454. The van der Waals surface area contributed by atoms with Crippen LogP contribution < -0.4 is 0 Å². The average molecular weight is 354 g/mol. The molecule has 0 spiro atoms. The number of nitrogens with zero attached hydrogens (tertiary/aromatic N) is 2. The number of aromatic nitrogens is 2. The first-order chi connectivity index (χ1) is 6.66. The molecular formula is C8H3Br2ClN2S. The third-order valence-corrected chi connectivity index (χ3v) is 4.95. The van der Waals surface area contributed by atoms with Gasteiger partial charge in [-0.1, -0.05) is 11.6 Å². The van der Waals surface area contributed by atoms with Gasteiger partial charge in [-0.25, -0.2) is 9.97 Å². The minimum atomic E-state index is 0.454. The van der Waals surface area contributed by atoms with E-state index in [1.807, 2.05) is 6.07 Å². The Morgan fingerprint density at radius 3 is 2.71 bits per heavy atom. The lowest BCUT2D eigenvalue weighted by molar-refractivity contribution is 1.19. The molecule has 0 aliphatic carbocycles. The van der Waals surface area contributed by atoms with E-state index >= 15 is 0 Å². The van der Waals surface area contributed by atoms with E-state index in [1.54, 1.807) is 23.6 Å². The molecule has 0 aliphatic heterocycles. The fraction of sp³-hybridized carbons (Fsp3) is 0. The SMILES string of the molecule is Clc1ccnc(-c2cc(Br)c(Br)s2)n1. The van der Waals surface area contributed by atoms with E-state index in [1.165, 1.54) is 0 Å². The van der Waals surface area contributed by atoms with Gasteiger partial charge in [-0.3, -0.25) is 0 Å². The summed E-state index contributed by atoms with van der Waals surface area (Å²) < 4.78 is 2.03. The molecule has 0 amide bonds. The zero-order valence-electron chi connectivity index (χ0n) is 6.67. The summed E-state index contributed by atoms with van der Waals surface area (Å²) in [5, 5.41) is 0.454. The van der Waals surface area contributed by atoms with Gasteiger partial charge in [0.05, 0.1) is 8.66 Å². The van der Waals surface area contributed by atoms with Crippen molar-refractivity contribution in [3.8, 4) is 10.7 Å². The van der Waals surface area contributed by atoms with Crippen molar-refractivity contribution in [2.24, 2.45) is 0 Å². The number of thiophene rings is 1. The minimum Gasteiger partial charge on any atom is -0.236 e. The summed E-state index contributed by atoms with van der Waals surface area (Å²) >= 11 is 14.2. The molecule has 14 heavy (non-hydrogen) atoms. The molecule has 2 aromatic rings. The summed E-state index contributed by atoms with van der Waals surface area (Å²) in [5.41, 5.74) is 0. The second kappa shape index (κ2) is 4.26. The first-order valence-corrected chi connectivity index (χ1v) is 6.38. The lowest BCUT2D eigenvalue weighted by Crippen LogP contribution is -1.84. The Kier molecular flexibility index (Phi) is 3.21. The van der Waals surface area contributed by atoms with E-state index in [0.717, 1.165) is 13.1 Å². The smallest absolute Gasteiger partial charge is 0.170 e. The number of hydrogen-bond acceptors (Lipinski definition) is 3. The fourth-order valence-corrected chi connectivity index (χ4v) is 3.03. The second-order valence-electron chi connectivity index (χ2n) is 2.44. The lowest BCUT2D eigenvalue weighted by atomic mass is 10.4. The zero-order valence-corrected chi connectivity index (χ0v) is 11.4. The first kappa shape index (κ1) is 10.5. The van der Waals surface area contributed by atoms with E-state index in [4.69, 9.17) is 11.6 Å². The maximum absolute atomic E-state index is 5.77. The Bertz CT molecular complexity index is 453. The normalized spacial score (nSPS) is 10.5. The Morgan fingerprint density at radius 1 is 1.36 bits per heavy atom. The highest BCUT2D eigenvalue weighted by molar-refractivity contribution is 9.13. The van der Waals surface area contributed by atoms with E-state index in [0.29, 0.717) is 11.0 Å². The topological polar surface area (TPSA) is 25.8 Å². The van der Waals surface area contributed by atoms with Crippen LogP contribution in [0.2, 0.25) is 5.15 Å². The monoisotopic (exact) mass is 352 g/mol. The second-order valence-corrected chi connectivity index (χ2v) is 6.05. The molecule has 0 unspecified atom stereocenters. The zero-order chi connectivity index (χ0) is 10.1. The largest absolute Gasteiger partial charge is 0.236 e. The molecule has 2 rings (SSSR count). The van der Waals surface area contributed by atoms with Crippen molar-refractivity contribution in [3.05, 3.63) is 31.7 Å². The molecule has 0 saturated heterocycles. The van der Waals surface area contributed by atoms with Crippen molar-refractivity contribution < 1.29 is 0 Å². The van der Waals surface area contributed by atoms with Gasteiger partial charge in [-0.2, -0.15) is 0 Å². The van der Waals surface area contributed by atoms with Crippen LogP contribution in [0.4, 0.5) is 0 Å². The van der Waals surface area contributed by atoms with Crippen molar-refractivity contribution in [1.29, 1.82) is 0 Å². The van der Waals surface area contributed by atoms with Crippen LogP contribution in [-0.2, 0) is 0 Å². The fourth-order valence-electron chi connectivity index (χ4n) is 0.912. The molecule has 0 bridgehead atoms. The Labute approximate surface area is 107 Å². The van der Waals surface area contributed by atoms with E-state index in [9.17, 15) is 0 Å². The van der Waals surface area contributed by atoms with Gasteiger partial charge in [-0.15, -0.1) is 11.3 Å². The third kappa shape index (κ3) is 2.16. The Morgan fingerprint density at radius 2 is 2.14 bits per heavy atom. The van der Waals surface area contributed by atoms with E-state index in [-0.39, 0.29) is 0 Å². The average Bonchev–Trinajstić information content (AvgIpc) is 2.47. The molecule has 0 fully saturated rings. The van der Waals surface area contributed by atoms with Crippen LogP contribution >= 0.6 is 54.8 Å². The standard InChI is InChI=1S/C8H3Br2ClN2S/c9-4-3-5(14-7(4)10)8-12-2-1-6(11)13-8/h1-3H. The highest BCUT2D eigenvalue weighted by Crippen LogP contribution is 2.36. The summed E-state index contributed by atoms with van der Waals surface area (Å²) in [4.78, 5) is 9.24. The molecule has 2 nitrogen and oxygen atoms in total. The highest BCUT2D eigenvalue weighted by Gasteiger charge is 2.08. The van der Waals surface area contributed by atoms with Gasteiger partial charge in [-0.05, 0) is 44.0 Å². The van der Waals surface area contributed by atoms with Gasteiger partial charge < -0.3 is 0 Å². The van der Waals surface area contributed by atoms with Gasteiger partial charge in [0, 0.05) is 10.7 Å². The molecule has 0 saturated carbocycles. The van der Waals surface area contributed by atoms with Crippen LogP contribution in [0.15, 0.2) is 26.6 Å². The molecule has 0 aliphatic rings. The molecule has 2 heterocycles. The number of hydrogen-bond donors (Lipinski definition) is 0. The van der Waals surface area contributed by atoms with Crippen LogP contribution in [0, 0.1) is 0 Å². The summed E-state index contributed by atoms with van der Waals surface area (Å²) in [5.74, 6) is 0.647. The summed E-state index contributed by atoms with van der Waals surface area (Å²) in [6, 6.07) is 3.61. The van der Waals surface area contributed by atoms with Gasteiger partial charge >= 0.3 is 0 Å². The number of rotatable bonds is 1. The van der Waals surface area contributed by atoms with Gasteiger partial charge in [0.25, 0.3) is 0 Å². The van der Waals surface area contributed by atoms with Crippen molar-refractivity contribution >= 4 is 54.8 Å². The summed E-state index contributed by atoms with van der Waals surface area (Å²) in [7, 11) is 0. The molecule has 0 radical (unpaired) electrons. The molecule has 6 heteroatoms. The van der Waals surface area contributed by atoms with Crippen molar-refractivity contribution in [2.75, 3.05) is 0 Å². The van der Waals surface area contributed by atoms with Crippen LogP contribution in [-0.4, -0.2) is 9.97 Å². The molecule has 0 N–H and O–H groups in total. The van der Waals surface area contributed by atoms with E-state index < -0.39 is 0 Å².